The van der Waals surface area contributed by atoms with Gasteiger partial charge in [-0.1, -0.05) is 6.07 Å². The largest absolute Gasteiger partial charge is 0.326 e. The highest BCUT2D eigenvalue weighted by atomic mass is 32.1. The van der Waals surface area contributed by atoms with Crippen molar-refractivity contribution in [2.45, 2.75) is 13.1 Å². The third-order valence-corrected chi connectivity index (χ3v) is 4.61. The highest BCUT2D eigenvalue weighted by molar-refractivity contribution is 7.19. The van der Waals surface area contributed by atoms with E-state index in [0.717, 1.165) is 40.2 Å². The summed E-state index contributed by atoms with van der Waals surface area (Å²) in [5.74, 6) is -0.144. The first-order valence-corrected chi connectivity index (χ1v) is 7.56. The van der Waals surface area contributed by atoms with Crippen LogP contribution >= 0.6 is 11.3 Å². The maximum absolute atomic E-state index is 14.1. The van der Waals surface area contributed by atoms with Crippen LogP contribution in [0.2, 0.25) is 0 Å². The maximum atomic E-state index is 14.1. The predicted octanol–water partition coefficient (Wildman–Crippen LogP) is 2.49. The monoisotopic (exact) mass is 295 g/mol. The van der Waals surface area contributed by atoms with E-state index in [1.54, 1.807) is 17.4 Å². The van der Waals surface area contributed by atoms with Gasteiger partial charge in [0, 0.05) is 41.1 Å². The van der Waals surface area contributed by atoms with E-state index in [9.17, 15) is 4.39 Å². The number of rotatable bonds is 6. The number of nitrogens with two attached hydrogens (primary N) is 1. The average Bonchev–Trinajstić information content (AvgIpc) is 2.76. The number of hydrogen-bond donors (Lipinski definition) is 1. The van der Waals surface area contributed by atoms with E-state index in [1.165, 1.54) is 6.07 Å². The Hall–Kier alpha value is -1.01. The molecule has 0 spiro atoms. The third kappa shape index (κ3) is 3.35. The summed E-state index contributed by atoms with van der Waals surface area (Å²) in [5.41, 5.74) is 6.87. The molecule has 0 aliphatic rings. The molecular weight excluding hydrogens is 273 g/mol. The first-order chi connectivity index (χ1) is 9.52. The molecular formula is C15H22FN3S. The molecule has 110 valence electrons. The van der Waals surface area contributed by atoms with E-state index in [4.69, 9.17) is 5.73 Å². The Bertz CT molecular complexity index is 580. The number of benzene rings is 1. The van der Waals surface area contributed by atoms with Crippen molar-refractivity contribution in [3.05, 3.63) is 34.5 Å². The Labute approximate surface area is 123 Å². The van der Waals surface area contributed by atoms with Crippen LogP contribution in [-0.2, 0) is 13.1 Å². The van der Waals surface area contributed by atoms with Crippen molar-refractivity contribution in [2.24, 2.45) is 5.73 Å². The molecule has 0 radical (unpaired) electrons. The molecule has 20 heavy (non-hydrogen) atoms. The molecule has 0 fully saturated rings. The van der Waals surface area contributed by atoms with Gasteiger partial charge in [-0.15, -0.1) is 11.3 Å². The fourth-order valence-corrected chi connectivity index (χ4v) is 3.38. The van der Waals surface area contributed by atoms with Gasteiger partial charge >= 0.3 is 0 Å². The summed E-state index contributed by atoms with van der Waals surface area (Å²) < 4.78 is 15.1. The Morgan fingerprint density at radius 1 is 1.20 bits per heavy atom. The molecule has 0 saturated heterocycles. The highest BCUT2D eigenvalue weighted by Gasteiger charge is 2.16. The molecule has 0 bridgehead atoms. The Morgan fingerprint density at radius 2 is 1.95 bits per heavy atom. The average molecular weight is 295 g/mol. The molecule has 5 heteroatoms. The second-order valence-corrected chi connectivity index (χ2v) is 6.50. The summed E-state index contributed by atoms with van der Waals surface area (Å²) in [6, 6.07) is 5.25. The van der Waals surface area contributed by atoms with E-state index >= 15 is 0 Å². The van der Waals surface area contributed by atoms with Crippen molar-refractivity contribution in [1.29, 1.82) is 0 Å². The third-order valence-electron chi connectivity index (χ3n) is 3.39. The number of halogens is 1. The molecule has 0 saturated carbocycles. The van der Waals surface area contributed by atoms with Gasteiger partial charge in [0.15, 0.2) is 0 Å². The minimum atomic E-state index is -0.144. The summed E-state index contributed by atoms with van der Waals surface area (Å²) >= 11 is 1.60. The van der Waals surface area contributed by atoms with Gasteiger partial charge in [-0.25, -0.2) is 4.39 Å². The minimum Gasteiger partial charge on any atom is -0.326 e. The van der Waals surface area contributed by atoms with Crippen LogP contribution in [0.25, 0.3) is 10.1 Å². The lowest BCUT2D eigenvalue weighted by atomic mass is 10.1. The van der Waals surface area contributed by atoms with Crippen molar-refractivity contribution in [1.82, 2.24) is 9.80 Å². The Balaban J connectivity index is 2.28. The van der Waals surface area contributed by atoms with E-state index in [0.29, 0.717) is 6.54 Å². The topological polar surface area (TPSA) is 32.5 Å². The summed E-state index contributed by atoms with van der Waals surface area (Å²) in [6.45, 7) is 3.14. The zero-order valence-corrected chi connectivity index (χ0v) is 13.1. The van der Waals surface area contributed by atoms with Gasteiger partial charge in [0.25, 0.3) is 0 Å². The zero-order chi connectivity index (χ0) is 14.7. The van der Waals surface area contributed by atoms with Crippen molar-refractivity contribution >= 4 is 21.4 Å². The molecule has 1 aromatic carbocycles. The zero-order valence-electron chi connectivity index (χ0n) is 12.3. The van der Waals surface area contributed by atoms with E-state index < -0.39 is 0 Å². The van der Waals surface area contributed by atoms with E-state index in [2.05, 4.69) is 30.9 Å². The number of thiophene rings is 1. The van der Waals surface area contributed by atoms with Crippen molar-refractivity contribution in [2.75, 3.05) is 34.2 Å². The van der Waals surface area contributed by atoms with Crippen LogP contribution in [0.4, 0.5) is 4.39 Å². The smallest absolute Gasteiger partial charge is 0.132 e. The maximum Gasteiger partial charge on any atom is 0.132 e. The normalized spacial score (nSPS) is 11.9. The number of nitrogens with zero attached hydrogens (tertiary/aromatic N) is 2. The second-order valence-electron chi connectivity index (χ2n) is 5.36. The molecule has 2 N–H and O–H groups in total. The van der Waals surface area contributed by atoms with E-state index in [-0.39, 0.29) is 5.82 Å². The molecule has 2 rings (SSSR count). The van der Waals surface area contributed by atoms with Crippen LogP contribution in [0.15, 0.2) is 18.2 Å². The summed E-state index contributed by atoms with van der Waals surface area (Å²) in [6.07, 6.45) is 0. The van der Waals surface area contributed by atoms with Gasteiger partial charge in [-0.05, 0) is 38.8 Å². The fraction of sp³-hybridized carbons (Fsp3) is 0.467. The molecule has 0 amide bonds. The van der Waals surface area contributed by atoms with Gasteiger partial charge < -0.3 is 15.5 Å². The van der Waals surface area contributed by atoms with Crippen LogP contribution in [0.3, 0.4) is 0 Å². The van der Waals surface area contributed by atoms with Crippen LogP contribution in [0.5, 0.6) is 0 Å². The predicted molar refractivity (Wildman–Crippen MR) is 84.6 cm³/mol. The molecule has 1 aromatic heterocycles. The van der Waals surface area contributed by atoms with Gasteiger partial charge in [-0.3, -0.25) is 0 Å². The van der Waals surface area contributed by atoms with Crippen molar-refractivity contribution in [3.63, 3.8) is 0 Å². The first kappa shape index (κ1) is 15.4. The molecule has 1 heterocycles. The standard InChI is InChI=1S/C15H22FN3S/c1-18(2)7-8-19(3)10-11-14(9-17)20-13-6-4-5-12(16)15(11)13/h4-6H,7-10,17H2,1-3H3. The Morgan fingerprint density at radius 3 is 2.60 bits per heavy atom. The van der Waals surface area contributed by atoms with Gasteiger partial charge in [0.1, 0.15) is 5.82 Å². The SMILES string of the molecule is CN(C)CCN(C)Cc1c(CN)sc2cccc(F)c12. The van der Waals surface area contributed by atoms with Crippen LogP contribution in [-0.4, -0.2) is 44.0 Å². The van der Waals surface area contributed by atoms with Crippen molar-refractivity contribution < 1.29 is 4.39 Å². The number of fused-ring (bicyclic) bond motifs is 1. The molecule has 0 aliphatic heterocycles. The number of hydrogen-bond acceptors (Lipinski definition) is 4. The first-order valence-electron chi connectivity index (χ1n) is 6.75. The van der Waals surface area contributed by atoms with Crippen LogP contribution in [0.1, 0.15) is 10.4 Å². The van der Waals surface area contributed by atoms with Crippen LogP contribution in [0, 0.1) is 5.82 Å². The summed E-state index contributed by atoms with van der Waals surface area (Å²) in [4.78, 5) is 5.45. The molecule has 0 atom stereocenters. The minimum absolute atomic E-state index is 0.144. The molecule has 2 aromatic rings. The lowest BCUT2D eigenvalue weighted by molar-refractivity contribution is 0.276. The summed E-state index contributed by atoms with van der Waals surface area (Å²) in [7, 11) is 6.17. The van der Waals surface area contributed by atoms with Gasteiger partial charge in [0.05, 0.1) is 0 Å². The lowest BCUT2D eigenvalue weighted by Gasteiger charge is -2.19. The second kappa shape index (κ2) is 6.63. The molecule has 3 nitrogen and oxygen atoms in total. The van der Waals surface area contributed by atoms with Gasteiger partial charge in [-0.2, -0.15) is 0 Å². The molecule has 0 aliphatic carbocycles. The molecule has 0 unspecified atom stereocenters. The van der Waals surface area contributed by atoms with Crippen molar-refractivity contribution in [3.8, 4) is 0 Å². The fourth-order valence-electron chi connectivity index (χ4n) is 2.27. The lowest BCUT2D eigenvalue weighted by Crippen LogP contribution is -2.28. The number of likely N-dealkylation sites (N-methyl/N-ethyl adjacent to an activating group) is 2. The Kier molecular flexibility index (Phi) is 5.10. The quantitative estimate of drug-likeness (QED) is 0.889. The van der Waals surface area contributed by atoms with Gasteiger partial charge in [0.2, 0.25) is 0 Å². The highest BCUT2D eigenvalue weighted by Crippen LogP contribution is 2.33. The van der Waals surface area contributed by atoms with Crippen LogP contribution < -0.4 is 5.73 Å². The van der Waals surface area contributed by atoms with E-state index in [1.807, 2.05) is 6.07 Å². The summed E-state index contributed by atoms with van der Waals surface area (Å²) in [5, 5.41) is 0.745.